The molecule has 1 N–H and O–H groups in total. The van der Waals surface area contributed by atoms with Gasteiger partial charge in [0.25, 0.3) is 0 Å². The Morgan fingerprint density at radius 2 is 1.73 bits per heavy atom. The molecule has 2 aliphatic carbocycles. The molecule has 2 bridgehead atoms. The number of fused-ring (bicyclic) bond motifs is 2. The highest BCUT2D eigenvalue weighted by molar-refractivity contribution is 5.51. The summed E-state index contributed by atoms with van der Waals surface area (Å²) in [6, 6.07) is 3.16. The first kappa shape index (κ1) is 13.7. The molecule has 2 unspecified atom stereocenters. The molecule has 2 fully saturated rings. The molecule has 1 aromatic heterocycles. The van der Waals surface area contributed by atoms with E-state index in [2.05, 4.69) is 10.3 Å². The summed E-state index contributed by atoms with van der Waals surface area (Å²) < 4.78 is 30.0. The van der Waals surface area contributed by atoms with Crippen LogP contribution in [0.4, 0.5) is 14.5 Å². The first-order chi connectivity index (χ1) is 10.7. The lowest BCUT2D eigenvalue weighted by Crippen LogP contribution is -2.33. The van der Waals surface area contributed by atoms with Crippen molar-refractivity contribution in [1.82, 2.24) is 9.55 Å². The molecule has 1 aromatic carbocycles. The van der Waals surface area contributed by atoms with Crippen LogP contribution in [-0.4, -0.2) is 15.6 Å². The summed E-state index contributed by atoms with van der Waals surface area (Å²) in [5, 5.41) is 3.39. The molecule has 4 rings (SSSR count). The quantitative estimate of drug-likeness (QED) is 0.923. The van der Waals surface area contributed by atoms with Crippen LogP contribution in [0.1, 0.15) is 32.1 Å². The van der Waals surface area contributed by atoms with E-state index in [0.29, 0.717) is 23.6 Å². The van der Waals surface area contributed by atoms with Crippen molar-refractivity contribution < 1.29 is 8.78 Å². The summed E-state index contributed by atoms with van der Waals surface area (Å²) in [6.07, 6.45) is 10.7. The normalized spacial score (nSPS) is 27.1. The van der Waals surface area contributed by atoms with Crippen LogP contribution in [0, 0.1) is 23.5 Å². The Labute approximate surface area is 128 Å². The molecule has 5 heteroatoms. The average molecular weight is 303 g/mol. The van der Waals surface area contributed by atoms with Gasteiger partial charge in [0.2, 0.25) is 0 Å². The lowest BCUT2D eigenvalue weighted by molar-refractivity contribution is 0.323. The van der Waals surface area contributed by atoms with E-state index in [1.807, 2.05) is 0 Å². The number of nitrogens with one attached hydrogen (secondary N) is 1. The van der Waals surface area contributed by atoms with Gasteiger partial charge in [-0.2, -0.15) is 0 Å². The van der Waals surface area contributed by atoms with Crippen LogP contribution in [0.2, 0.25) is 0 Å². The summed E-state index contributed by atoms with van der Waals surface area (Å²) >= 11 is 0. The Bertz CT molecular complexity index is 630. The molecule has 2 aliphatic rings. The van der Waals surface area contributed by atoms with Crippen molar-refractivity contribution in [1.29, 1.82) is 0 Å². The zero-order valence-corrected chi connectivity index (χ0v) is 12.3. The van der Waals surface area contributed by atoms with Crippen molar-refractivity contribution in [2.75, 3.05) is 5.32 Å². The summed E-state index contributed by atoms with van der Waals surface area (Å²) in [5.74, 6) is 0.170. The zero-order chi connectivity index (χ0) is 15.1. The number of halogens is 2. The van der Waals surface area contributed by atoms with Gasteiger partial charge in [-0.25, -0.2) is 13.8 Å². The fourth-order valence-corrected chi connectivity index (χ4v) is 4.18. The van der Waals surface area contributed by atoms with Gasteiger partial charge in [0.05, 0.1) is 6.33 Å². The third-order valence-corrected chi connectivity index (χ3v) is 5.19. The van der Waals surface area contributed by atoms with E-state index < -0.39 is 11.6 Å². The maximum absolute atomic E-state index is 14.3. The third-order valence-electron chi connectivity index (χ3n) is 5.19. The van der Waals surface area contributed by atoms with Crippen LogP contribution in [-0.2, 0) is 0 Å². The van der Waals surface area contributed by atoms with E-state index in [-0.39, 0.29) is 5.69 Å². The topological polar surface area (TPSA) is 29.9 Å². The molecular weight excluding hydrogens is 284 g/mol. The molecule has 116 valence electrons. The molecule has 2 atom stereocenters. The third kappa shape index (κ3) is 2.28. The second-order valence-corrected chi connectivity index (χ2v) is 6.46. The number of benzene rings is 1. The molecule has 1 heterocycles. The molecule has 0 radical (unpaired) electrons. The predicted molar refractivity (Wildman–Crippen MR) is 81.0 cm³/mol. The number of hydrogen-bond donors (Lipinski definition) is 1. The van der Waals surface area contributed by atoms with Crippen LogP contribution in [0.25, 0.3) is 5.69 Å². The lowest BCUT2D eigenvalue weighted by atomic mass is 9.84. The highest BCUT2D eigenvalue weighted by atomic mass is 19.1. The molecular formula is C17H19F2N3. The van der Waals surface area contributed by atoms with Crippen molar-refractivity contribution in [3.8, 4) is 5.69 Å². The van der Waals surface area contributed by atoms with Crippen LogP contribution in [0.15, 0.2) is 30.9 Å². The van der Waals surface area contributed by atoms with Gasteiger partial charge < -0.3 is 9.88 Å². The van der Waals surface area contributed by atoms with Crippen molar-refractivity contribution in [3.63, 3.8) is 0 Å². The van der Waals surface area contributed by atoms with Crippen molar-refractivity contribution in [2.45, 2.75) is 38.1 Å². The number of anilines is 1. The van der Waals surface area contributed by atoms with Crippen LogP contribution in [0.3, 0.4) is 0 Å². The highest BCUT2D eigenvalue weighted by Crippen LogP contribution is 2.43. The summed E-state index contributed by atoms with van der Waals surface area (Å²) in [6.45, 7) is 0. The first-order valence-corrected chi connectivity index (χ1v) is 7.96. The summed E-state index contributed by atoms with van der Waals surface area (Å²) in [5.41, 5.74) is 0.470. The average Bonchev–Trinajstić information content (AvgIpc) is 3.05. The van der Waals surface area contributed by atoms with E-state index in [1.165, 1.54) is 67.5 Å². The molecule has 3 nitrogen and oxygen atoms in total. The molecule has 0 saturated heterocycles. The highest BCUT2D eigenvalue weighted by Gasteiger charge is 2.38. The maximum atomic E-state index is 14.3. The van der Waals surface area contributed by atoms with Gasteiger partial charge in [0.15, 0.2) is 11.6 Å². The number of imidazole rings is 1. The lowest BCUT2D eigenvalue weighted by Gasteiger charge is -2.31. The standard InChI is InChI=1S/C17H19F2N3/c18-14-8-13(9-15(19)17(14)22-7-6-20-10-22)21-16-11-2-1-3-12(16)5-4-11/h6-12,16,21H,1-5H2. The summed E-state index contributed by atoms with van der Waals surface area (Å²) in [7, 11) is 0. The molecule has 0 aliphatic heterocycles. The Morgan fingerprint density at radius 3 is 2.32 bits per heavy atom. The second kappa shape index (κ2) is 5.38. The second-order valence-electron chi connectivity index (χ2n) is 6.46. The molecule has 2 saturated carbocycles. The van der Waals surface area contributed by atoms with Crippen LogP contribution >= 0.6 is 0 Å². The van der Waals surface area contributed by atoms with E-state index in [4.69, 9.17) is 0 Å². The SMILES string of the molecule is Fc1cc(NC2C3CCCC2CC3)cc(F)c1-n1ccnc1. The minimum absolute atomic E-state index is 0.0744. The van der Waals surface area contributed by atoms with Gasteiger partial charge in [0.1, 0.15) is 5.69 Å². The van der Waals surface area contributed by atoms with E-state index >= 15 is 0 Å². The minimum Gasteiger partial charge on any atom is -0.382 e. The van der Waals surface area contributed by atoms with Crippen molar-refractivity contribution >= 4 is 5.69 Å². The van der Waals surface area contributed by atoms with Gasteiger partial charge in [-0.1, -0.05) is 6.42 Å². The van der Waals surface area contributed by atoms with Crippen LogP contribution < -0.4 is 5.32 Å². The zero-order valence-electron chi connectivity index (χ0n) is 12.3. The molecule has 2 aromatic rings. The number of hydrogen-bond acceptors (Lipinski definition) is 2. The maximum Gasteiger partial charge on any atom is 0.152 e. The molecule has 0 spiro atoms. The minimum atomic E-state index is -0.566. The largest absolute Gasteiger partial charge is 0.382 e. The van der Waals surface area contributed by atoms with Crippen LogP contribution in [0.5, 0.6) is 0 Å². The first-order valence-electron chi connectivity index (χ1n) is 7.96. The van der Waals surface area contributed by atoms with Crippen molar-refractivity contribution in [3.05, 3.63) is 42.5 Å². The molecule has 0 amide bonds. The van der Waals surface area contributed by atoms with Crippen molar-refractivity contribution in [2.24, 2.45) is 11.8 Å². The Hall–Kier alpha value is -1.91. The molecule has 22 heavy (non-hydrogen) atoms. The fraction of sp³-hybridized carbons (Fsp3) is 0.471. The number of aromatic nitrogens is 2. The van der Waals surface area contributed by atoms with Gasteiger partial charge in [-0.05, 0) is 49.7 Å². The van der Waals surface area contributed by atoms with Gasteiger partial charge >= 0.3 is 0 Å². The van der Waals surface area contributed by atoms with E-state index in [9.17, 15) is 8.78 Å². The smallest absolute Gasteiger partial charge is 0.152 e. The van der Waals surface area contributed by atoms with E-state index in [0.717, 1.165) is 0 Å². The Balaban J connectivity index is 1.61. The number of rotatable bonds is 3. The monoisotopic (exact) mass is 303 g/mol. The van der Waals surface area contributed by atoms with Gasteiger partial charge in [-0.15, -0.1) is 0 Å². The fourth-order valence-electron chi connectivity index (χ4n) is 4.18. The number of nitrogens with zero attached hydrogens (tertiary/aromatic N) is 2. The van der Waals surface area contributed by atoms with E-state index in [1.54, 1.807) is 0 Å². The summed E-state index contributed by atoms with van der Waals surface area (Å²) in [4.78, 5) is 3.84. The predicted octanol–water partition coefficient (Wildman–Crippen LogP) is 4.14. The van der Waals surface area contributed by atoms with Gasteiger partial charge in [0, 0.05) is 24.1 Å². The Morgan fingerprint density at radius 1 is 1.05 bits per heavy atom. The Kier molecular flexibility index (Phi) is 3.36. The van der Waals surface area contributed by atoms with Gasteiger partial charge in [-0.3, -0.25) is 0 Å².